The number of alkyl halides is 3. The lowest BCUT2D eigenvalue weighted by Crippen LogP contribution is -2.17. The lowest BCUT2D eigenvalue weighted by Gasteiger charge is -2.11. The highest BCUT2D eigenvalue weighted by atomic mass is 79.9. The summed E-state index contributed by atoms with van der Waals surface area (Å²) in [6.45, 7) is 1.90. The van der Waals surface area contributed by atoms with Crippen LogP contribution in [0, 0.1) is 0 Å². The molecular weight excluding hydrogens is 357 g/mol. The Kier molecular flexibility index (Phi) is 4.71. The summed E-state index contributed by atoms with van der Waals surface area (Å²) in [5.41, 5.74) is 0. The van der Waals surface area contributed by atoms with Gasteiger partial charge in [0.2, 0.25) is 5.89 Å². The third-order valence-electron chi connectivity index (χ3n) is 2.30. The van der Waals surface area contributed by atoms with Crippen molar-refractivity contribution in [1.29, 1.82) is 0 Å². The van der Waals surface area contributed by atoms with Crippen LogP contribution in [-0.4, -0.2) is 16.6 Å². The number of hydrogen-bond donors (Lipinski definition) is 0. The molecule has 2 aromatic rings. The third kappa shape index (κ3) is 4.62. The molecule has 9 heteroatoms. The van der Waals surface area contributed by atoms with Crippen molar-refractivity contribution >= 4 is 15.9 Å². The van der Waals surface area contributed by atoms with Crippen LogP contribution in [0.15, 0.2) is 27.1 Å². The third-order valence-corrected chi connectivity index (χ3v) is 2.92. The van der Waals surface area contributed by atoms with E-state index in [4.69, 9.17) is 9.15 Å². The highest BCUT2D eigenvalue weighted by Crippen LogP contribution is 2.33. The average Bonchev–Trinajstić information content (AvgIpc) is 2.86. The highest BCUT2D eigenvalue weighted by molar-refractivity contribution is 9.10. The lowest BCUT2D eigenvalue weighted by molar-refractivity contribution is -0.274. The molecule has 0 saturated carbocycles. The number of rotatable bonds is 5. The van der Waals surface area contributed by atoms with E-state index < -0.39 is 6.36 Å². The molecule has 1 aromatic carbocycles. The number of ether oxygens (including phenoxy) is 2. The summed E-state index contributed by atoms with van der Waals surface area (Å²) in [7, 11) is 0. The minimum Gasteiger partial charge on any atom is -0.484 e. The monoisotopic (exact) mass is 366 g/mol. The van der Waals surface area contributed by atoms with Crippen LogP contribution in [0.2, 0.25) is 0 Å². The summed E-state index contributed by atoms with van der Waals surface area (Å²) in [6.07, 6.45) is -4.13. The number of nitrogens with zero attached hydrogens (tertiary/aromatic N) is 2. The summed E-state index contributed by atoms with van der Waals surface area (Å²) in [5.74, 6) is 0.774. The second kappa shape index (κ2) is 6.33. The standard InChI is InChI=1S/C12H10BrF3N2O3/c1-2-10-17-18-11(20-10)6-19-7-3-4-9(8(13)5-7)21-12(14,15)16/h3-5H,2,6H2,1H3. The van der Waals surface area contributed by atoms with Crippen LogP contribution in [0.1, 0.15) is 18.7 Å². The molecule has 0 saturated heterocycles. The van der Waals surface area contributed by atoms with Gasteiger partial charge in [0.15, 0.2) is 6.61 Å². The smallest absolute Gasteiger partial charge is 0.484 e. The molecule has 0 spiro atoms. The van der Waals surface area contributed by atoms with E-state index in [1.54, 1.807) is 0 Å². The zero-order chi connectivity index (χ0) is 15.5. The average molecular weight is 367 g/mol. The Morgan fingerprint density at radius 1 is 1.24 bits per heavy atom. The zero-order valence-electron chi connectivity index (χ0n) is 10.8. The molecule has 0 unspecified atom stereocenters. The van der Waals surface area contributed by atoms with Crippen LogP contribution in [0.3, 0.4) is 0 Å². The fraction of sp³-hybridized carbons (Fsp3) is 0.333. The Bertz CT molecular complexity index is 616. The molecule has 0 aliphatic rings. The van der Waals surface area contributed by atoms with E-state index in [9.17, 15) is 13.2 Å². The van der Waals surface area contributed by atoms with Gasteiger partial charge in [-0.25, -0.2) is 0 Å². The van der Waals surface area contributed by atoms with Gasteiger partial charge in [0, 0.05) is 6.42 Å². The predicted molar refractivity (Wildman–Crippen MR) is 68.8 cm³/mol. The molecule has 0 atom stereocenters. The first-order chi connectivity index (χ1) is 9.87. The van der Waals surface area contributed by atoms with Gasteiger partial charge < -0.3 is 13.9 Å². The number of aromatic nitrogens is 2. The summed E-state index contributed by atoms with van der Waals surface area (Å²) in [6, 6.07) is 3.86. The number of hydrogen-bond acceptors (Lipinski definition) is 5. The summed E-state index contributed by atoms with van der Waals surface area (Å²) in [4.78, 5) is 0. The Balaban J connectivity index is 1.99. The number of benzene rings is 1. The molecule has 1 aromatic heterocycles. The van der Waals surface area contributed by atoms with Gasteiger partial charge in [-0.05, 0) is 34.1 Å². The van der Waals surface area contributed by atoms with E-state index in [0.29, 0.717) is 24.0 Å². The van der Waals surface area contributed by atoms with Gasteiger partial charge >= 0.3 is 6.36 Å². The Labute approximate surface area is 126 Å². The van der Waals surface area contributed by atoms with Gasteiger partial charge in [-0.1, -0.05) is 6.92 Å². The SMILES string of the molecule is CCc1nnc(COc2ccc(OC(F)(F)F)c(Br)c2)o1. The highest BCUT2D eigenvalue weighted by Gasteiger charge is 2.32. The molecule has 114 valence electrons. The molecule has 0 aliphatic heterocycles. The normalized spacial score (nSPS) is 11.5. The quantitative estimate of drug-likeness (QED) is 0.803. The van der Waals surface area contributed by atoms with Crippen LogP contribution >= 0.6 is 15.9 Å². The van der Waals surface area contributed by atoms with Crippen LogP contribution in [0.5, 0.6) is 11.5 Å². The van der Waals surface area contributed by atoms with Gasteiger partial charge in [-0.2, -0.15) is 0 Å². The number of halogens is 4. The maximum absolute atomic E-state index is 12.1. The van der Waals surface area contributed by atoms with Crippen molar-refractivity contribution in [2.75, 3.05) is 0 Å². The maximum Gasteiger partial charge on any atom is 0.573 e. The fourth-order valence-corrected chi connectivity index (χ4v) is 1.85. The van der Waals surface area contributed by atoms with E-state index >= 15 is 0 Å². The van der Waals surface area contributed by atoms with Crippen LogP contribution in [-0.2, 0) is 13.0 Å². The molecular formula is C12H10BrF3N2O3. The molecule has 0 bridgehead atoms. The fourth-order valence-electron chi connectivity index (χ4n) is 1.41. The Morgan fingerprint density at radius 3 is 2.52 bits per heavy atom. The van der Waals surface area contributed by atoms with Crippen LogP contribution in [0.4, 0.5) is 13.2 Å². The topological polar surface area (TPSA) is 57.4 Å². The first-order valence-electron chi connectivity index (χ1n) is 5.86. The van der Waals surface area contributed by atoms with Crippen LogP contribution in [0.25, 0.3) is 0 Å². The largest absolute Gasteiger partial charge is 0.573 e. The lowest BCUT2D eigenvalue weighted by atomic mass is 10.3. The molecule has 5 nitrogen and oxygen atoms in total. The predicted octanol–water partition coefficient (Wildman–Crippen LogP) is 3.87. The van der Waals surface area contributed by atoms with Crippen molar-refractivity contribution in [3.63, 3.8) is 0 Å². The van der Waals surface area contributed by atoms with E-state index in [0.717, 1.165) is 6.07 Å². The van der Waals surface area contributed by atoms with Gasteiger partial charge in [-0.3, -0.25) is 0 Å². The Morgan fingerprint density at radius 2 is 1.95 bits per heavy atom. The molecule has 0 N–H and O–H groups in total. The van der Waals surface area contributed by atoms with Crippen LogP contribution < -0.4 is 9.47 Å². The first kappa shape index (κ1) is 15.6. The zero-order valence-corrected chi connectivity index (χ0v) is 12.4. The molecule has 21 heavy (non-hydrogen) atoms. The molecule has 0 fully saturated rings. The van der Waals surface area contributed by atoms with E-state index in [1.165, 1.54) is 12.1 Å². The summed E-state index contributed by atoms with van der Waals surface area (Å²) in [5, 5.41) is 7.53. The first-order valence-corrected chi connectivity index (χ1v) is 6.66. The molecule has 0 radical (unpaired) electrons. The van der Waals surface area contributed by atoms with Crippen molar-refractivity contribution in [2.24, 2.45) is 0 Å². The van der Waals surface area contributed by atoms with Crippen molar-refractivity contribution < 1.29 is 27.1 Å². The molecule has 0 aliphatic carbocycles. The Hall–Kier alpha value is -1.77. The second-order valence-corrected chi connectivity index (χ2v) is 4.73. The van der Waals surface area contributed by atoms with Crippen molar-refractivity contribution in [3.8, 4) is 11.5 Å². The second-order valence-electron chi connectivity index (χ2n) is 3.87. The maximum atomic E-state index is 12.1. The molecule has 0 amide bonds. The summed E-state index contributed by atoms with van der Waals surface area (Å²) < 4.78 is 50.9. The van der Waals surface area contributed by atoms with Gasteiger partial charge in [0.1, 0.15) is 11.5 Å². The van der Waals surface area contributed by atoms with E-state index in [1.807, 2.05) is 6.92 Å². The van der Waals surface area contributed by atoms with Crippen molar-refractivity contribution in [1.82, 2.24) is 10.2 Å². The minimum absolute atomic E-state index is 0.0267. The minimum atomic E-state index is -4.74. The van der Waals surface area contributed by atoms with Crippen molar-refractivity contribution in [2.45, 2.75) is 26.3 Å². The number of aryl methyl sites for hydroxylation is 1. The van der Waals surface area contributed by atoms with Gasteiger partial charge in [-0.15, -0.1) is 23.4 Å². The van der Waals surface area contributed by atoms with Gasteiger partial charge in [0.05, 0.1) is 4.47 Å². The summed E-state index contributed by atoms with van der Waals surface area (Å²) >= 11 is 2.98. The molecule has 1 heterocycles. The van der Waals surface area contributed by atoms with E-state index in [2.05, 4.69) is 30.9 Å². The molecule has 2 rings (SSSR count). The van der Waals surface area contributed by atoms with E-state index in [-0.39, 0.29) is 16.8 Å². The van der Waals surface area contributed by atoms with Crippen molar-refractivity contribution in [3.05, 3.63) is 34.5 Å². The van der Waals surface area contributed by atoms with Gasteiger partial charge in [0.25, 0.3) is 5.89 Å².